The maximum Gasteiger partial charge on any atom is 0.120 e. The quantitative estimate of drug-likeness (QED) is 0.844. The molecule has 1 saturated heterocycles. The van der Waals surface area contributed by atoms with Gasteiger partial charge < -0.3 is 10.2 Å². The molecular formula is C14H21NO2. The third-order valence-corrected chi connectivity index (χ3v) is 3.42. The van der Waals surface area contributed by atoms with Crippen molar-refractivity contribution in [2.24, 2.45) is 0 Å². The van der Waals surface area contributed by atoms with Gasteiger partial charge in [-0.05, 0) is 37.6 Å². The summed E-state index contributed by atoms with van der Waals surface area (Å²) >= 11 is 0. The van der Waals surface area contributed by atoms with Gasteiger partial charge >= 0.3 is 0 Å². The number of phenols is 1. The van der Waals surface area contributed by atoms with E-state index < -0.39 is 0 Å². The summed E-state index contributed by atoms with van der Waals surface area (Å²) in [6.07, 6.45) is 5.17. The van der Waals surface area contributed by atoms with Crippen LogP contribution in [0.2, 0.25) is 0 Å². The van der Waals surface area contributed by atoms with Crippen molar-refractivity contribution in [1.82, 2.24) is 4.90 Å². The van der Waals surface area contributed by atoms with E-state index in [1.807, 2.05) is 12.1 Å². The summed E-state index contributed by atoms with van der Waals surface area (Å²) in [5.74, 6) is 0.306. The van der Waals surface area contributed by atoms with Crippen molar-refractivity contribution < 1.29 is 10.2 Å². The number of aromatic hydroxyl groups is 1. The smallest absolute Gasteiger partial charge is 0.120 e. The number of aliphatic hydroxyl groups excluding tert-OH is 1. The predicted molar refractivity (Wildman–Crippen MR) is 67.8 cm³/mol. The molecule has 1 aromatic carbocycles. The van der Waals surface area contributed by atoms with Gasteiger partial charge in [-0.2, -0.15) is 0 Å². The van der Waals surface area contributed by atoms with Crippen LogP contribution in [0.5, 0.6) is 5.75 Å². The van der Waals surface area contributed by atoms with Crippen LogP contribution in [-0.2, 0) is 13.2 Å². The van der Waals surface area contributed by atoms with E-state index in [1.54, 1.807) is 6.07 Å². The lowest BCUT2D eigenvalue weighted by Gasteiger charge is -2.20. The van der Waals surface area contributed by atoms with Gasteiger partial charge in [-0.3, -0.25) is 4.90 Å². The third-order valence-electron chi connectivity index (χ3n) is 3.42. The standard InChI is InChI=1S/C14H21NO2/c16-11-12-5-6-13(14(17)9-12)10-15-7-3-1-2-4-8-15/h5-6,9,16-17H,1-4,7-8,10-11H2. The molecule has 94 valence electrons. The van der Waals surface area contributed by atoms with E-state index in [0.29, 0.717) is 5.75 Å². The number of nitrogens with zero attached hydrogens (tertiary/aromatic N) is 1. The molecule has 1 aromatic rings. The monoisotopic (exact) mass is 235 g/mol. The van der Waals surface area contributed by atoms with Gasteiger partial charge in [-0.25, -0.2) is 0 Å². The molecule has 0 spiro atoms. The summed E-state index contributed by atoms with van der Waals surface area (Å²) in [7, 11) is 0. The van der Waals surface area contributed by atoms with Crippen LogP contribution in [0.15, 0.2) is 18.2 Å². The van der Waals surface area contributed by atoms with E-state index in [0.717, 1.165) is 30.8 Å². The number of phenolic OH excluding ortho intramolecular Hbond substituents is 1. The van der Waals surface area contributed by atoms with Crippen LogP contribution in [-0.4, -0.2) is 28.2 Å². The molecule has 3 nitrogen and oxygen atoms in total. The normalized spacial score (nSPS) is 17.9. The fourth-order valence-electron chi connectivity index (χ4n) is 2.38. The Morgan fingerprint density at radius 1 is 1.06 bits per heavy atom. The number of rotatable bonds is 3. The molecule has 0 amide bonds. The van der Waals surface area contributed by atoms with Crippen molar-refractivity contribution in [2.45, 2.75) is 38.8 Å². The average molecular weight is 235 g/mol. The number of aliphatic hydroxyl groups is 1. The highest BCUT2D eigenvalue weighted by atomic mass is 16.3. The van der Waals surface area contributed by atoms with Crippen LogP contribution >= 0.6 is 0 Å². The van der Waals surface area contributed by atoms with E-state index in [1.165, 1.54) is 25.7 Å². The minimum atomic E-state index is -0.0163. The topological polar surface area (TPSA) is 43.7 Å². The van der Waals surface area contributed by atoms with Crippen LogP contribution in [0.3, 0.4) is 0 Å². The third kappa shape index (κ3) is 3.45. The molecule has 0 saturated carbocycles. The van der Waals surface area contributed by atoms with Gasteiger partial charge in [0.25, 0.3) is 0 Å². The van der Waals surface area contributed by atoms with Gasteiger partial charge in [0.15, 0.2) is 0 Å². The number of hydrogen-bond acceptors (Lipinski definition) is 3. The lowest BCUT2D eigenvalue weighted by molar-refractivity contribution is 0.271. The lowest BCUT2D eigenvalue weighted by Crippen LogP contribution is -2.23. The minimum Gasteiger partial charge on any atom is -0.508 e. The van der Waals surface area contributed by atoms with Gasteiger partial charge in [0, 0.05) is 12.1 Å². The Labute approximate surface area is 103 Å². The van der Waals surface area contributed by atoms with E-state index in [4.69, 9.17) is 5.11 Å². The Balaban J connectivity index is 2.01. The van der Waals surface area contributed by atoms with Gasteiger partial charge in [-0.15, -0.1) is 0 Å². The van der Waals surface area contributed by atoms with Crippen molar-refractivity contribution >= 4 is 0 Å². The zero-order valence-electron chi connectivity index (χ0n) is 10.2. The lowest BCUT2D eigenvalue weighted by atomic mass is 10.1. The molecule has 2 rings (SSSR count). The van der Waals surface area contributed by atoms with Crippen molar-refractivity contribution in [3.8, 4) is 5.75 Å². The number of hydrogen-bond donors (Lipinski definition) is 2. The molecule has 0 aliphatic carbocycles. The summed E-state index contributed by atoms with van der Waals surface area (Å²) in [5.41, 5.74) is 1.73. The molecule has 2 N–H and O–H groups in total. The molecule has 0 radical (unpaired) electrons. The summed E-state index contributed by atoms with van der Waals surface area (Å²) in [4.78, 5) is 2.40. The first kappa shape index (κ1) is 12.4. The van der Waals surface area contributed by atoms with Crippen LogP contribution in [0, 0.1) is 0 Å². The van der Waals surface area contributed by atoms with Gasteiger partial charge in [-0.1, -0.05) is 25.0 Å². The molecular weight excluding hydrogens is 214 g/mol. The summed E-state index contributed by atoms with van der Waals surface area (Å²) in [6.45, 7) is 3.05. The SMILES string of the molecule is OCc1ccc(CN2CCCCCC2)c(O)c1. The Bertz CT molecular complexity index is 357. The molecule has 1 fully saturated rings. The summed E-state index contributed by atoms with van der Waals surface area (Å²) in [6, 6.07) is 5.46. The van der Waals surface area contributed by atoms with Crippen LogP contribution < -0.4 is 0 Å². The summed E-state index contributed by atoms with van der Waals surface area (Å²) < 4.78 is 0. The van der Waals surface area contributed by atoms with Crippen molar-refractivity contribution in [1.29, 1.82) is 0 Å². The first-order valence-corrected chi connectivity index (χ1v) is 6.43. The number of likely N-dealkylation sites (tertiary alicyclic amines) is 1. The average Bonchev–Trinajstić information content (AvgIpc) is 2.60. The van der Waals surface area contributed by atoms with E-state index in [-0.39, 0.29) is 6.61 Å². The molecule has 1 aliphatic rings. The van der Waals surface area contributed by atoms with Gasteiger partial charge in [0.05, 0.1) is 6.61 Å². The highest BCUT2D eigenvalue weighted by Crippen LogP contribution is 2.22. The van der Waals surface area contributed by atoms with Crippen molar-refractivity contribution in [3.05, 3.63) is 29.3 Å². The Hall–Kier alpha value is -1.06. The Kier molecular flexibility index (Phi) is 4.40. The predicted octanol–water partition coefficient (Wildman–Crippen LogP) is 2.26. The van der Waals surface area contributed by atoms with E-state index >= 15 is 0 Å². The van der Waals surface area contributed by atoms with Crippen LogP contribution in [0.4, 0.5) is 0 Å². The molecule has 3 heteroatoms. The zero-order chi connectivity index (χ0) is 12.1. The molecule has 1 heterocycles. The van der Waals surface area contributed by atoms with Crippen LogP contribution in [0.1, 0.15) is 36.8 Å². The Morgan fingerprint density at radius 2 is 1.76 bits per heavy atom. The Morgan fingerprint density at radius 3 is 2.35 bits per heavy atom. The highest BCUT2D eigenvalue weighted by molar-refractivity contribution is 5.36. The minimum absolute atomic E-state index is 0.0163. The second-order valence-electron chi connectivity index (χ2n) is 4.81. The second-order valence-corrected chi connectivity index (χ2v) is 4.81. The van der Waals surface area contributed by atoms with E-state index in [9.17, 15) is 5.11 Å². The fraction of sp³-hybridized carbons (Fsp3) is 0.571. The van der Waals surface area contributed by atoms with Crippen molar-refractivity contribution in [2.75, 3.05) is 13.1 Å². The maximum atomic E-state index is 9.89. The van der Waals surface area contributed by atoms with Gasteiger partial charge in [0.2, 0.25) is 0 Å². The highest BCUT2D eigenvalue weighted by Gasteiger charge is 2.11. The largest absolute Gasteiger partial charge is 0.508 e. The zero-order valence-corrected chi connectivity index (χ0v) is 10.2. The molecule has 17 heavy (non-hydrogen) atoms. The molecule has 0 unspecified atom stereocenters. The molecule has 1 aliphatic heterocycles. The van der Waals surface area contributed by atoms with E-state index in [2.05, 4.69) is 4.90 Å². The first-order chi connectivity index (χ1) is 8.29. The van der Waals surface area contributed by atoms with Crippen LogP contribution in [0.25, 0.3) is 0 Å². The molecule has 0 aromatic heterocycles. The van der Waals surface area contributed by atoms with Crippen molar-refractivity contribution in [3.63, 3.8) is 0 Å². The molecule has 0 atom stereocenters. The second kappa shape index (κ2) is 6.03. The summed E-state index contributed by atoms with van der Waals surface area (Å²) in [5, 5.41) is 18.9. The fourth-order valence-corrected chi connectivity index (χ4v) is 2.38. The first-order valence-electron chi connectivity index (χ1n) is 6.43. The number of benzene rings is 1. The maximum absolute atomic E-state index is 9.89. The molecule has 0 bridgehead atoms. The van der Waals surface area contributed by atoms with Gasteiger partial charge in [0.1, 0.15) is 5.75 Å².